The summed E-state index contributed by atoms with van der Waals surface area (Å²) in [6, 6.07) is 12.2. The number of rotatable bonds is 5. The molecule has 4 aliphatic carbocycles. The van der Waals surface area contributed by atoms with Crippen molar-refractivity contribution in [2.45, 2.75) is 50.6 Å². The Morgan fingerprint density at radius 3 is 2.09 bits per heavy atom. The van der Waals surface area contributed by atoms with Crippen LogP contribution in [0.25, 0.3) is 0 Å². The number of ether oxygens (including phenoxy) is 1. The van der Waals surface area contributed by atoms with E-state index < -0.39 is 0 Å². The molecular formula is C27H28N2O4. The Hall–Kier alpha value is -3.15. The summed E-state index contributed by atoms with van der Waals surface area (Å²) in [6.07, 6.45) is 7.15. The minimum Gasteiger partial charge on any atom is -0.496 e. The molecule has 0 spiro atoms. The molecule has 1 N–H and O–H groups in total. The van der Waals surface area contributed by atoms with Crippen LogP contribution in [-0.2, 0) is 6.54 Å². The zero-order valence-electron chi connectivity index (χ0n) is 18.8. The van der Waals surface area contributed by atoms with Crippen LogP contribution in [0.15, 0.2) is 42.5 Å². The van der Waals surface area contributed by atoms with Crippen molar-refractivity contribution in [3.63, 3.8) is 0 Å². The van der Waals surface area contributed by atoms with Crippen molar-refractivity contribution in [2.75, 3.05) is 7.11 Å². The summed E-state index contributed by atoms with van der Waals surface area (Å²) in [5.74, 6) is 1.98. The van der Waals surface area contributed by atoms with Gasteiger partial charge in [-0.2, -0.15) is 0 Å². The molecule has 1 heterocycles. The van der Waals surface area contributed by atoms with Gasteiger partial charge in [0.25, 0.3) is 17.7 Å². The molecule has 0 saturated heterocycles. The fourth-order valence-corrected chi connectivity index (χ4v) is 7.17. The highest BCUT2D eigenvalue weighted by Gasteiger charge is 2.51. The molecule has 6 nitrogen and oxygen atoms in total. The molecule has 2 aromatic carbocycles. The van der Waals surface area contributed by atoms with Gasteiger partial charge in [0, 0.05) is 5.54 Å². The fourth-order valence-electron chi connectivity index (χ4n) is 7.17. The number of carbonyl (C=O) groups is 3. The molecule has 0 atom stereocenters. The summed E-state index contributed by atoms with van der Waals surface area (Å²) in [4.78, 5) is 40.3. The first-order chi connectivity index (χ1) is 15.9. The van der Waals surface area contributed by atoms with Crippen LogP contribution in [-0.4, -0.2) is 35.3 Å². The molecule has 4 saturated carbocycles. The van der Waals surface area contributed by atoms with E-state index in [4.69, 9.17) is 4.74 Å². The minimum absolute atomic E-state index is 0.102. The van der Waals surface area contributed by atoms with Crippen LogP contribution >= 0.6 is 0 Å². The summed E-state index contributed by atoms with van der Waals surface area (Å²) in [5, 5.41) is 3.40. The van der Waals surface area contributed by atoms with E-state index in [-0.39, 0.29) is 29.8 Å². The van der Waals surface area contributed by atoms with E-state index in [0.29, 0.717) is 22.4 Å². The van der Waals surface area contributed by atoms with E-state index in [0.717, 1.165) is 42.6 Å². The molecule has 4 fully saturated rings. The number of imide groups is 1. The SMILES string of the molecule is COc1ccc(CN2C(=O)c3ccccc3C2=O)cc1C(=O)NC12CC3CC(CC(C3)C1)C2. The molecule has 170 valence electrons. The lowest BCUT2D eigenvalue weighted by Crippen LogP contribution is -2.59. The number of carbonyl (C=O) groups excluding carboxylic acids is 3. The van der Waals surface area contributed by atoms with Crippen molar-refractivity contribution < 1.29 is 19.1 Å². The Labute approximate surface area is 193 Å². The highest BCUT2D eigenvalue weighted by atomic mass is 16.5. The predicted molar refractivity (Wildman–Crippen MR) is 122 cm³/mol. The molecule has 5 aliphatic rings. The number of methoxy groups -OCH3 is 1. The molecule has 1 aliphatic heterocycles. The van der Waals surface area contributed by atoms with Crippen molar-refractivity contribution in [3.05, 3.63) is 64.7 Å². The number of nitrogens with one attached hydrogen (secondary N) is 1. The third kappa shape index (κ3) is 3.35. The molecule has 0 unspecified atom stereocenters. The van der Waals surface area contributed by atoms with E-state index in [2.05, 4.69) is 5.32 Å². The predicted octanol–water partition coefficient (Wildman–Crippen LogP) is 4.19. The first kappa shape index (κ1) is 20.5. The van der Waals surface area contributed by atoms with Crippen molar-refractivity contribution in [2.24, 2.45) is 17.8 Å². The Morgan fingerprint density at radius 1 is 0.970 bits per heavy atom. The maximum absolute atomic E-state index is 13.5. The van der Waals surface area contributed by atoms with E-state index in [1.54, 1.807) is 43.5 Å². The Kier molecular flexibility index (Phi) is 4.61. The van der Waals surface area contributed by atoms with Crippen LogP contribution in [0.4, 0.5) is 0 Å². The van der Waals surface area contributed by atoms with Gasteiger partial charge in [0.05, 0.1) is 30.3 Å². The van der Waals surface area contributed by atoms with Gasteiger partial charge in [-0.05, 0) is 86.1 Å². The van der Waals surface area contributed by atoms with Crippen LogP contribution in [0.1, 0.15) is 75.2 Å². The lowest BCUT2D eigenvalue weighted by molar-refractivity contribution is -0.0167. The van der Waals surface area contributed by atoms with Gasteiger partial charge in [-0.3, -0.25) is 19.3 Å². The summed E-state index contributed by atoms with van der Waals surface area (Å²) in [5.41, 5.74) is 1.94. The van der Waals surface area contributed by atoms with E-state index in [9.17, 15) is 14.4 Å². The number of benzene rings is 2. The summed E-state index contributed by atoms with van der Waals surface area (Å²) < 4.78 is 5.50. The highest BCUT2D eigenvalue weighted by molar-refractivity contribution is 6.21. The third-order valence-electron chi connectivity index (χ3n) is 8.14. The first-order valence-corrected chi connectivity index (χ1v) is 11.9. The zero-order valence-corrected chi connectivity index (χ0v) is 18.8. The topological polar surface area (TPSA) is 75.7 Å². The van der Waals surface area contributed by atoms with Gasteiger partial charge >= 0.3 is 0 Å². The largest absolute Gasteiger partial charge is 0.496 e. The van der Waals surface area contributed by atoms with E-state index in [1.807, 2.05) is 6.07 Å². The number of hydrogen-bond acceptors (Lipinski definition) is 4. The number of amides is 3. The first-order valence-electron chi connectivity index (χ1n) is 11.9. The molecule has 0 aromatic heterocycles. The average Bonchev–Trinajstić information content (AvgIpc) is 3.03. The quantitative estimate of drug-likeness (QED) is 0.702. The van der Waals surface area contributed by atoms with Crippen molar-refractivity contribution >= 4 is 17.7 Å². The molecule has 6 heteroatoms. The Balaban J connectivity index is 1.25. The van der Waals surface area contributed by atoms with Crippen molar-refractivity contribution in [1.29, 1.82) is 0 Å². The van der Waals surface area contributed by atoms with Crippen LogP contribution < -0.4 is 10.1 Å². The molecule has 7 rings (SSSR count). The van der Waals surface area contributed by atoms with E-state index >= 15 is 0 Å². The second-order valence-corrected chi connectivity index (χ2v) is 10.4. The van der Waals surface area contributed by atoms with Crippen LogP contribution in [0, 0.1) is 17.8 Å². The van der Waals surface area contributed by atoms with Gasteiger partial charge < -0.3 is 10.1 Å². The van der Waals surface area contributed by atoms with Crippen LogP contribution in [0.5, 0.6) is 5.75 Å². The molecule has 0 radical (unpaired) electrons. The van der Waals surface area contributed by atoms with Crippen molar-refractivity contribution in [1.82, 2.24) is 10.2 Å². The summed E-state index contributed by atoms with van der Waals surface area (Å²) in [6.45, 7) is 0.119. The Morgan fingerprint density at radius 2 is 1.55 bits per heavy atom. The number of fused-ring (bicyclic) bond motifs is 1. The van der Waals surface area contributed by atoms with Gasteiger partial charge in [0.2, 0.25) is 0 Å². The molecule has 33 heavy (non-hydrogen) atoms. The summed E-state index contributed by atoms with van der Waals surface area (Å²) >= 11 is 0. The summed E-state index contributed by atoms with van der Waals surface area (Å²) in [7, 11) is 1.56. The normalized spacial score (nSPS) is 29.4. The zero-order chi connectivity index (χ0) is 22.7. The number of hydrogen-bond donors (Lipinski definition) is 1. The second-order valence-electron chi connectivity index (χ2n) is 10.4. The van der Waals surface area contributed by atoms with Gasteiger partial charge in [0.1, 0.15) is 5.75 Å². The maximum atomic E-state index is 13.5. The Bertz CT molecular complexity index is 1100. The standard InChI is InChI=1S/C27H28N2O4/c1-33-23-7-6-16(15-29-25(31)20-4-2-3-5-21(20)26(29)32)11-22(23)24(30)28-27-12-17-8-18(13-27)10-19(9-17)14-27/h2-7,11,17-19H,8-10,12-15H2,1H3,(H,28,30). The molecule has 3 amide bonds. The smallest absolute Gasteiger partial charge is 0.261 e. The van der Waals surface area contributed by atoms with Crippen LogP contribution in [0.2, 0.25) is 0 Å². The third-order valence-corrected chi connectivity index (χ3v) is 8.14. The molecular weight excluding hydrogens is 416 g/mol. The molecule has 2 aromatic rings. The maximum Gasteiger partial charge on any atom is 0.261 e. The van der Waals surface area contributed by atoms with Gasteiger partial charge in [-0.15, -0.1) is 0 Å². The van der Waals surface area contributed by atoms with Gasteiger partial charge in [-0.1, -0.05) is 18.2 Å². The van der Waals surface area contributed by atoms with Crippen molar-refractivity contribution in [3.8, 4) is 5.75 Å². The van der Waals surface area contributed by atoms with Crippen LogP contribution in [0.3, 0.4) is 0 Å². The monoisotopic (exact) mass is 444 g/mol. The minimum atomic E-state index is -0.300. The number of nitrogens with zero attached hydrogens (tertiary/aromatic N) is 1. The lowest BCUT2D eigenvalue weighted by atomic mass is 9.53. The van der Waals surface area contributed by atoms with E-state index in [1.165, 1.54) is 24.2 Å². The van der Waals surface area contributed by atoms with Gasteiger partial charge in [0.15, 0.2) is 0 Å². The second kappa shape index (κ2) is 7.44. The highest BCUT2D eigenvalue weighted by Crippen LogP contribution is 2.55. The fraction of sp³-hybridized carbons (Fsp3) is 0.444. The average molecular weight is 445 g/mol. The van der Waals surface area contributed by atoms with Gasteiger partial charge in [-0.25, -0.2) is 0 Å². The molecule has 4 bridgehead atoms. The lowest BCUT2D eigenvalue weighted by Gasteiger charge is -2.56.